The summed E-state index contributed by atoms with van der Waals surface area (Å²) in [4.78, 5) is 24.8. The van der Waals surface area contributed by atoms with Crippen molar-refractivity contribution in [1.82, 2.24) is 9.13 Å². The molecule has 0 saturated heterocycles. The van der Waals surface area contributed by atoms with E-state index in [1.165, 1.54) is 26.2 Å². The minimum absolute atomic E-state index is 0.0104. The van der Waals surface area contributed by atoms with Crippen molar-refractivity contribution >= 4 is 21.5 Å². The van der Waals surface area contributed by atoms with Gasteiger partial charge in [0.05, 0.1) is 17.5 Å². The zero-order valence-electron chi connectivity index (χ0n) is 14.6. The first-order chi connectivity index (χ1) is 12.1. The number of β-amino-alcohol motifs (C(OH)–C–C–N with tert-alkyl or cyclic N) is 1. The van der Waals surface area contributed by atoms with Crippen LogP contribution in [0, 0.1) is 6.92 Å². The molecule has 2 heterocycles. The van der Waals surface area contributed by atoms with Gasteiger partial charge in [-0.05, 0) is 19.1 Å². The summed E-state index contributed by atoms with van der Waals surface area (Å²) >= 11 is 0. The van der Waals surface area contributed by atoms with Crippen molar-refractivity contribution in [2.24, 2.45) is 14.1 Å². The largest absolute Gasteiger partial charge is 0.389 e. The van der Waals surface area contributed by atoms with E-state index in [0.29, 0.717) is 0 Å². The number of fused-ring (bicyclic) bond motifs is 1. The van der Waals surface area contributed by atoms with Crippen LogP contribution in [0.15, 0.2) is 38.8 Å². The second-order valence-electron chi connectivity index (χ2n) is 6.29. The Morgan fingerprint density at radius 1 is 1.12 bits per heavy atom. The summed E-state index contributed by atoms with van der Waals surface area (Å²) in [6.07, 6.45) is -1.05. The lowest BCUT2D eigenvalue weighted by atomic mass is 10.2. The summed E-state index contributed by atoms with van der Waals surface area (Å²) in [6.45, 7) is 1.54. The third kappa shape index (κ3) is 2.80. The number of aryl methyl sites for hydroxylation is 1. The Morgan fingerprint density at radius 3 is 2.35 bits per heavy atom. The normalized spacial score (nSPS) is 17.4. The summed E-state index contributed by atoms with van der Waals surface area (Å²) in [7, 11) is -1.39. The van der Waals surface area contributed by atoms with E-state index in [-0.39, 0.29) is 29.5 Å². The molecule has 0 bridgehead atoms. The lowest BCUT2D eigenvalue weighted by molar-refractivity contribution is 0.198. The van der Waals surface area contributed by atoms with E-state index in [9.17, 15) is 23.1 Å². The molecular weight excluding hydrogens is 360 g/mol. The van der Waals surface area contributed by atoms with Gasteiger partial charge in [0.1, 0.15) is 5.69 Å². The molecule has 2 aromatic rings. The molecule has 0 saturated carbocycles. The first-order valence-electron chi connectivity index (χ1n) is 7.96. The lowest BCUT2D eigenvalue weighted by Gasteiger charge is -2.26. The molecule has 0 radical (unpaired) electrons. The van der Waals surface area contributed by atoms with Crippen molar-refractivity contribution in [3.63, 3.8) is 0 Å². The fourth-order valence-electron chi connectivity index (χ4n) is 2.89. The number of aromatic nitrogens is 2. The molecule has 0 spiro atoms. The maximum atomic E-state index is 13.2. The number of nitrogens with zero attached hydrogens (tertiary/aromatic N) is 3. The fraction of sp³-hybridized carbons (Fsp3) is 0.375. The number of benzene rings is 1. The summed E-state index contributed by atoms with van der Waals surface area (Å²) in [5.41, 5.74) is -0.456. The third-order valence-electron chi connectivity index (χ3n) is 4.37. The first-order valence-corrected chi connectivity index (χ1v) is 9.40. The van der Waals surface area contributed by atoms with Gasteiger partial charge in [0, 0.05) is 20.6 Å². The van der Waals surface area contributed by atoms with Crippen LogP contribution in [0.3, 0.4) is 0 Å². The highest BCUT2D eigenvalue weighted by molar-refractivity contribution is 7.92. The number of hydrogen-bond acceptors (Lipinski definition) is 6. The van der Waals surface area contributed by atoms with Crippen molar-refractivity contribution in [1.29, 1.82) is 0 Å². The van der Waals surface area contributed by atoms with Crippen LogP contribution in [-0.2, 0) is 24.1 Å². The second kappa shape index (κ2) is 6.29. The molecule has 26 heavy (non-hydrogen) atoms. The Balaban J connectivity index is 2.31. The van der Waals surface area contributed by atoms with E-state index in [4.69, 9.17) is 0 Å². The lowest BCUT2D eigenvalue weighted by Crippen LogP contribution is -2.44. The average Bonchev–Trinajstić information content (AvgIpc) is 2.78. The standard InChI is InChI=1S/C16H20N4O5S/c1-10-4-6-12(7-5-10)26(24,25)20-9-11(21)8-17-13-14(20)18(2)16(23)19(3)15(13)22/h4-7,11,17,21H,8-9H2,1-3H3. The van der Waals surface area contributed by atoms with E-state index in [2.05, 4.69) is 5.32 Å². The van der Waals surface area contributed by atoms with Crippen LogP contribution < -0.4 is 20.9 Å². The predicted molar refractivity (Wildman–Crippen MR) is 97.1 cm³/mol. The van der Waals surface area contributed by atoms with Crippen LogP contribution in [-0.4, -0.2) is 41.9 Å². The molecule has 3 rings (SSSR count). The zero-order chi connectivity index (χ0) is 19.2. The predicted octanol–water partition coefficient (Wildman–Crippen LogP) is -0.626. The van der Waals surface area contributed by atoms with E-state index >= 15 is 0 Å². The molecule has 1 aliphatic heterocycles. The van der Waals surface area contributed by atoms with Gasteiger partial charge in [-0.15, -0.1) is 0 Å². The zero-order valence-corrected chi connectivity index (χ0v) is 15.4. The topological polar surface area (TPSA) is 114 Å². The minimum atomic E-state index is -4.09. The van der Waals surface area contributed by atoms with Gasteiger partial charge in [-0.3, -0.25) is 13.9 Å². The molecule has 0 fully saturated rings. The maximum Gasteiger partial charge on any atom is 0.332 e. The molecule has 9 nitrogen and oxygen atoms in total. The van der Waals surface area contributed by atoms with Crippen molar-refractivity contribution < 1.29 is 13.5 Å². The Kier molecular flexibility index (Phi) is 4.41. The second-order valence-corrected chi connectivity index (χ2v) is 8.15. The van der Waals surface area contributed by atoms with Crippen molar-refractivity contribution in [3.8, 4) is 0 Å². The molecule has 0 amide bonds. The molecule has 1 atom stereocenters. The van der Waals surface area contributed by atoms with Crippen LogP contribution in [0.25, 0.3) is 0 Å². The van der Waals surface area contributed by atoms with Crippen LogP contribution in [0.1, 0.15) is 5.56 Å². The van der Waals surface area contributed by atoms with Crippen molar-refractivity contribution in [3.05, 3.63) is 50.7 Å². The summed E-state index contributed by atoms with van der Waals surface area (Å²) < 4.78 is 29.3. The van der Waals surface area contributed by atoms with Crippen LogP contribution in [0.4, 0.5) is 11.5 Å². The van der Waals surface area contributed by atoms with Crippen molar-refractivity contribution in [2.45, 2.75) is 17.9 Å². The first kappa shape index (κ1) is 18.2. The number of rotatable bonds is 2. The highest BCUT2D eigenvalue weighted by atomic mass is 32.2. The molecule has 10 heteroatoms. The number of anilines is 2. The number of hydrogen-bond donors (Lipinski definition) is 2. The number of aliphatic hydroxyl groups is 1. The van der Waals surface area contributed by atoms with Gasteiger partial charge in [-0.1, -0.05) is 17.7 Å². The fourth-order valence-corrected chi connectivity index (χ4v) is 4.44. The van der Waals surface area contributed by atoms with Gasteiger partial charge in [0.2, 0.25) is 0 Å². The Labute approximate surface area is 150 Å². The Bertz CT molecular complexity index is 1070. The molecule has 2 N–H and O–H groups in total. The average molecular weight is 380 g/mol. The van der Waals surface area contributed by atoms with Crippen LogP contribution in [0.2, 0.25) is 0 Å². The molecule has 1 aromatic carbocycles. The van der Waals surface area contributed by atoms with Crippen molar-refractivity contribution in [2.75, 3.05) is 22.7 Å². The van der Waals surface area contributed by atoms with Crippen LogP contribution in [0.5, 0.6) is 0 Å². The minimum Gasteiger partial charge on any atom is -0.389 e. The number of sulfonamides is 1. The highest BCUT2D eigenvalue weighted by Crippen LogP contribution is 2.29. The molecule has 140 valence electrons. The molecule has 1 aliphatic rings. The summed E-state index contributed by atoms with van der Waals surface area (Å²) in [6, 6.07) is 6.22. The van der Waals surface area contributed by atoms with Crippen LogP contribution >= 0.6 is 0 Å². The number of nitrogens with one attached hydrogen (secondary N) is 1. The van der Waals surface area contributed by atoms with Gasteiger partial charge in [-0.2, -0.15) is 0 Å². The number of aliphatic hydroxyl groups excluding tert-OH is 1. The highest BCUT2D eigenvalue weighted by Gasteiger charge is 2.34. The van der Waals surface area contributed by atoms with Gasteiger partial charge >= 0.3 is 5.69 Å². The van der Waals surface area contributed by atoms with E-state index in [1.54, 1.807) is 12.1 Å². The van der Waals surface area contributed by atoms with E-state index in [1.807, 2.05) is 6.92 Å². The summed E-state index contributed by atoms with van der Waals surface area (Å²) in [5, 5.41) is 12.9. The smallest absolute Gasteiger partial charge is 0.332 e. The maximum absolute atomic E-state index is 13.2. The van der Waals surface area contributed by atoms with Gasteiger partial charge in [-0.25, -0.2) is 17.5 Å². The molecule has 0 aliphatic carbocycles. The third-order valence-corrected chi connectivity index (χ3v) is 6.14. The van der Waals surface area contributed by atoms with E-state index < -0.39 is 27.4 Å². The van der Waals surface area contributed by atoms with E-state index in [0.717, 1.165) is 19.0 Å². The van der Waals surface area contributed by atoms with Gasteiger partial charge in [0.15, 0.2) is 5.82 Å². The monoisotopic (exact) mass is 380 g/mol. The van der Waals surface area contributed by atoms with Gasteiger partial charge < -0.3 is 10.4 Å². The molecular formula is C16H20N4O5S. The summed E-state index contributed by atoms with van der Waals surface area (Å²) in [5.74, 6) is -0.0878. The van der Waals surface area contributed by atoms with Gasteiger partial charge in [0.25, 0.3) is 15.6 Å². The molecule has 1 aromatic heterocycles. The SMILES string of the molecule is Cc1ccc(S(=O)(=O)N2CC(O)CNc3c2n(C)c(=O)n(C)c3=O)cc1. The Hall–Kier alpha value is -2.59. The quantitative estimate of drug-likeness (QED) is 0.717. The molecule has 1 unspecified atom stereocenters. The Morgan fingerprint density at radius 2 is 1.73 bits per heavy atom.